The van der Waals surface area contributed by atoms with Gasteiger partial charge < -0.3 is 15.0 Å². The molecule has 2 aliphatic rings. The van der Waals surface area contributed by atoms with Crippen LogP contribution in [0.4, 0.5) is 5.82 Å². The number of aromatic nitrogens is 2. The summed E-state index contributed by atoms with van der Waals surface area (Å²) in [5.41, 5.74) is 2.66. The molecule has 3 heterocycles. The molecule has 2 aromatic rings. The molecule has 0 bridgehead atoms. The van der Waals surface area contributed by atoms with E-state index < -0.39 is 0 Å². The molecule has 168 valence electrons. The van der Waals surface area contributed by atoms with Gasteiger partial charge in [0, 0.05) is 37.2 Å². The lowest BCUT2D eigenvalue weighted by Gasteiger charge is -2.19. The Hall–Kier alpha value is -3.49. The summed E-state index contributed by atoms with van der Waals surface area (Å²) in [6, 6.07) is 7.63. The monoisotopic (exact) mass is 437 g/mol. The fourth-order valence-corrected chi connectivity index (χ4v) is 4.17. The van der Waals surface area contributed by atoms with E-state index in [2.05, 4.69) is 10.3 Å². The summed E-state index contributed by atoms with van der Waals surface area (Å²) in [6.45, 7) is 4.82. The normalized spacial score (nSPS) is 17.5. The van der Waals surface area contributed by atoms with Crippen molar-refractivity contribution in [1.29, 1.82) is 0 Å². The lowest BCUT2D eigenvalue weighted by atomic mass is 10.1. The number of benzene rings is 1. The highest BCUT2D eigenvalue weighted by atomic mass is 16.5. The second kappa shape index (κ2) is 8.94. The van der Waals surface area contributed by atoms with Crippen molar-refractivity contribution in [1.82, 2.24) is 20.2 Å². The molecule has 9 heteroatoms. The molecule has 1 N–H and O–H groups in total. The smallest absolute Gasteiger partial charge is 0.241 e. The number of nitrogens with zero attached hydrogens (tertiary/aromatic N) is 4. The SMILES string of the molecule is COc1ccc(CN2C(=O)Cc3c(C)nc(C4CCN(C(=O)CNC(C)=O)C4)nc32)cc1. The number of hydrogen-bond acceptors (Lipinski definition) is 6. The average Bonchev–Trinajstić information content (AvgIpc) is 3.39. The molecule has 0 radical (unpaired) electrons. The van der Waals surface area contributed by atoms with Crippen LogP contribution in [0.25, 0.3) is 0 Å². The van der Waals surface area contributed by atoms with Gasteiger partial charge in [-0.1, -0.05) is 12.1 Å². The highest BCUT2D eigenvalue weighted by Gasteiger charge is 2.34. The van der Waals surface area contributed by atoms with Crippen molar-refractivity contribution < 1.29 is 19.1 Å². The highest BCUT2D eigenvalue weighted by molar-refractivity contribution is 6.00. The van der Waals surface area contributed by atoms with E-state index in [0.717, 1.165) is 29.0 Å². The fourth-order valence-electron chi connectivity index (χ4n) is 4.17. The van der Waals surface area contributed by atoms with Crippen LogP contribution in [0.5, 0.6) is 5.75 Å². The minimum absolute atomic E-state index is 0.00110. The third kappa shape index (κ3) is 4.42. The van der Waals surface area contributed by atoms with Crippen LogP contribution in [0, 0.1) is 6.92 Å². The second-order valence-electron chi connectivity index (χ2n) is 8.21. The number of carbonyl (C=O) groups excluding carboxylic acids is 3. The van der Waals surface area contributed by atoms with Crippen molar-refractivity contribution in [3.63, 3.8) is 0 Å². The van der Waals surface area contributed by atoms with Gasteiger partial charge in [-0.05, 0) is 31.0 Å². The van der Waals surface area contributed by atoms with E-state index in [0.29, 0.717) is 37.7 Å². The van der Waals surface area contributed by atoms with Gasteiger partial charge in [-0.3, -0.25) is 19.3 Å². The molecule has 1 fully saturated rings. The standard InChI is InChI=1S/C23H27N5O4/c1-14-19-10-20(30)28(12-16-4-6-18(32-3)7-5-16)23(19)26-22(25-14)17-8-9-27(13-17)21(31)11-24-15(2)29/h4-7,17H,8-13H2,1-3H3,(H,24,29). The number of anilines is 1. The lowest BCUT2D eigenvalue weighted by molar-refractivity contribution is -0.131. The van der Waals surface area contributed by atoms with Gasteiger partial charge in [0.25, 0.3) is 0 Å². The minimum Gasteiger partial charge on any atom is -0.497 e. The summed E-state index contributed by atoms with van der Waals surface area (Å²) in [5, 5.41) is 2.55. The van der Waals surface area contributed by atoms with Gasteiger partial charge in [0.15, 0.2) is 0 Å². The predicted octanol–water partition coefficient (Wildman–Crippen LogP) is 1.33. The minimum atomic E-state index is -0.228. The maximum atomic E-state index is 12.8. The number of likely N-dealkylation sites (tertiary alicyclic amines) is 1. The van der Waals surface area contributed by atoms with Crippen LogP contribution in [0.3, 0.4) is 0 Å². The Morgan fingerprint density at radius 2 is 1.97 bits per heavy atom. The first-order chi connectivity index (χ1) is 15.4. The van der Waals surface area contributed by atoms with E-state index in [9.17, 15) is 14.4 Å². The number of carbonyl (C=O) groups is 3. The summed E-state index contributed by atoms with van der Waals surface area (Å²) in [7, 11) is 1.62. The van der Waals surface area contributed by atoms with Gasteiger partial charge in [0.05, 0.1) is 26.6 Å². The van der Waals surface area contributed by atoms with E-state index >= 15 is 0 Å². The van der Waals surface area contributed by atoms with E-state index in [-0.39, 0.29) is 30.2 Å². The quantitative estimate of drug-likeness (QED) is 0.731. The topological polar surface area (TPSA) is 105 Å². The van der Waals surface area contributed by atoms with E-state index in [1.807, 2.05) is 31.2 Å². The van der Waals surface area contributed by atoms with Crippen LogP contribution in [-0.4, -0.2) is 59.3 Å². The third-order valence-electron chi connectivity index (χ3n) is 5.99. The average molecular weight is 438 g/mol. The van der Waals surface area contributed by atoms with Crippen LogP contribution in [0.2, 0.25) is 0 Å². The maximum absolute atomic E-state index is 12.8. The van der Waals surface area contributed by atoms with Gasteiger partial charge in [0.2, 0.25) is 17.7 Å². The van der Waals surface area contributed by atoms with Crippen LogP contribution >= 0.6 is 0 Å². The number of hydrogen-bond donors (Lipinski definition) is 1. The number of aryl methyl sites for hydroxylation is 1. The first kappa shape index (κ1) is 21.7. The van der Waals surface area contributed by atoms with E-state index in [4.69, 9.17) is 9.72 Å². The Morgan fingerprint density at radius 1 is 1.22 bits per heavy atom. The number of nitrogens with one attached hydrogen (secondary N) is 1. The molecule has 3 amide bonds. The van der Waals surface area contributed by atoms with E-state index in [1.165, 1.54) is 6.92 Å². The van der Waals surface area contributed by atoms with Gasteiger partial charge in [-0.15, -0.1) is 0 Å². The Morgan fingerprint density at radius 3 is 2.66 bits per heavy atom. The zero-order valence-electron chi connectivity index (χ0n) is 18.6. The number of fused-ring (bicyclic) bond motifs is 1. The zero-order valence-corrected chi connectivity index (χ0v) is 18.6. The van der Waals surface area contributed by atoms with E-state index in [1.54, 1.807) is 16.9 Å². The summed E-state index contributed by atoms with van der Waals surface area (Å²) in [6.07, 6.45) is 1.04. The summed E-state index contributed by atoms with van der Waals surface area (Å²) in [5.74, 6) is 1.75. The Kier molecular flexibility index (Phi) is 6.07. The largest absolute Gasteiger partial charge is 0.497 e. The molecule has 0 aliphatic carbocycles. The first-order valence-corrected chi connectivity index (χ1v) is 10.7. The summed E-state index contributed by atoms with van der Waals surface area (Å²) in [4.78, 5) is 49.1. The molecule has 1 aromatic carbocycles. The van der Waals surface area contributed by atoms with Crippen molar-refractivity contribution in [3.8, 4) is 5.75 Å². The fraction of sp³-hybridized carbons (Fsp3) is 0.435. The van der Waals surface area contributed by atoms with Gasteiger partial charge in [-0.25, -0.2) is 9.97 Å². The molecule has 1 saturated heterocycles. The van der Waals surface area contributed by atoms with Crippen molar-refractivity contribution in [2.24, 2.45) is 0 Å². The maximum Gasteiger partial charge on any atom is 0.241 e. The molecule has 9 nitrogen and oxygen atoms in total. The third-order valence-corrected chi connectivity index (χ3v) is 5.99. The van der Waals surface area contributed by atoms with Crippen molar-refractivity contribution in [2.45, 2.75) is 39.2 Å². The van der Waals surface area contributed by atoms with Gasteiger partial charge in [-0.2, -0.15) is 0 Å². The molecular weight excluding hydrogens is 410 g/mol. The Labute approximate surface area is 186 Å². The Balaban J connectivity index is 1.52. The van der Waals surface area contributed by atoms with Crippen molar-refractivity contribution in [3.05, 3.63) is 46.9 Å². The number of amides is 3. The lowest BCUT2D eigenvalue weighted by Crippen LogP contribution is -2.38. The van der Waals surface area contributed by atoms with Gasteiger partial charge in [0.1, 0.15) is 17.4 Å². The number of methoxy groups -OCH3 is 1. The van der Waals surface area contributed by atoms with Gasteiger partial charge >= 0.3 is 0 Å². The molecule has 1 unspecified atom stereocenters. The first-order valence-electron chi connectivity index (χ1n) is 10.7. The Bertz CT molecular complexity index is 1050. The molecule has 32 heavy (non-hydrogen) atoms. The molecule has 1 atom stereocenters. The molecule has 2 aliphatic heterocycles. The zero-order chi connectivity index (χ0) is 22.8. The molecule has 0 saturated carbocycles. The van der Waals surface area contributed by atoms with Crippen molar-refractivity contribution >= 4 is 23.5 Å². The van der Waals surface area contributed by atoms with Crippen molar-refractivity contribution in [2.75, 3.05) is 31.6 Å². The summed E-state index contributed by atoms with van der Waals surface area (Å²) >= 11 is 0. The number of ether oxygens (including phenoxy) is 1. The predicted molar refractivity (Wildman–Crippen MR) is 117 cm³/mol. The molecule has 4 rings (SSSR count). The number of rotatable bonds is 6. The second-order valence-corrected chi connectivity index (χ2v) is 8.21. The molecular formula is C23H27N5O4. The molecule has 1 aromatic heterocycles. The van der Waals surface area contributed by atoms with Crippen LogP contribution in [0.15, 0.2) is 24.3 Å². The van der Waals surface area contributed by atoms with Crippen LogP contribution < -0.4 is 15.0 Å². The highest BCUT2D eigenvalue weighted by Crippen LogP contribution is 2.33. The summed E-state index contributed by atoms with van der Waals surface area (Å²) < 4.78 is 5.21. The van der Waals surface area contributed by atoms with Crippen LogP contribution in [0.1, 0.15) is 41.9 Å². The van der Waals surface area contributed by atoms with Crippen LogP contribution in [-0.2, 0) is 27.3 Å². The molecule has 0 spiro atoms.